The molecule has 2 amide bonds. The van der Waals surface area contributed by atoms with E-state index in [1.165, 1.54) is 30.5 Å². The van der Waals surface area contributed by atoms with Crippen molar-refractivity contribution in [1.29, 1.82) is 0 Å². The number of nitrogens with zero attached hydrogens (tertiary/aromatic N) is 6. The van der Waals surface area contributed by atoms with Crippen molar-refractivity contribution < 1.29 is 40.7 Å². The first-order valence-corrected chi connectivity index (χ1v) is 14.4. The number of aromatic nitrogens is 6. The van der Waals surface area contributed by atoms with Crippen molar-refractivity contribution in [3.8, 4) is 5.75 Å². The van der Waals surface area contributed by atoms with Crippen LogP contribution >= 0.6 is 33.9 Å². The number of benzene rings is 1. The molecule has 0 aliphatic carbocycles. The van der Waals surface area contributed by atoms with E-state index in [1.54, 1.807) is 0 Å². The van der Waals surface area contributed by atoms with Crippen LogP contribution in [0.4, 0.5) is 31.5 Å². The molecule has 0 aliphatic rings. The van der Waals surface area contributed by atoms with Crippen LogP contribution in [0.25, 0.3) is 0 Å². The molecule has 234 valence electrons. The fourth-order valence-electron chi connectivity index (χ4n) is 3.63. The Morgan fingerprint density at radius 2 is 1.89 bits per heavy atom. The van der Waals surface area contributed by atoms with E-state index >= 15 is 0 Å². The first-order valence-electron chi connectivity index (χ1n) is 12.5. The number of alkyl halides is 7. The van der Waals surface area contributed by atoms with Gasteiger partial charge in [0.1, 0.15) is 16.9 Å². The molecule has 3 heterocycles. The molecule has 1 atom stereocenters. The molecular weight excluding hydrogens is 733 g/mol. The number of halogens is 7. The van der Waals surface area contributed by atoms with Crippen molar-refractivity contribution >= 4 is 50.9 Å². The number of pyridine rings is 1. The van der Waals surface area contributed by atoms with Crippen LogP contribution in [0.1, 0.15) is 38.7 Å². The zero-order valence-electron chi connectivity index (χ0n) is 22.2. The third-order valence-electron chi connectivity index (χ3n) is 5.62. The van der Waals surface area contributed by atoms with Crippen LogP contribution in [0.3, 0.4) is 0 Å². The van der Waals surface area contributed by atoms with Crippen molar-refractivity contribution in [2.24, 2.45) is 0 Å². The highest BCUT2D eigenvalue weighted by Crippen LogP contribution is 2.34. The monoisotopic (exact) mass is 754 g/mol. The van der Waals surface area contributed by atoms with E-state index in [-0.39, 0.29) is 54.3 Å². The molecule has 2 N–H and O–H groups in total. The fourth-order valence-corrected chi connectivity index (χ4v) is 4.72. The molecule has 0 saturated carbocycles. The van der Waals surface area contributed by atoms with Crippen LogP contribution in [-0.2, 0) is 34.7 Å². The Bertz CT molecular complexity index is 1580. The Balaban J connectivity index is 1.19. The molecule has 0 saturated heterocycles. The summed E-state index contributed by atoms with van der Waals surface area (Å²) in [4.78, 5) is 28.5. The Hall–Kier alpha value is -3.88. The van der Waals surface area contributed by atoms with Gasteiger partial charge in [0, 0.05) is 40.8 Å². The number of aryl methyl sites for hydroxylation is 1. The number of amides is 2. The minimum Gasteiger partial charge on any atom is -0.406 e. The van der Waals surface area contributed by atoms with E-state index in [9.17, 15) is 35.9 Å². The average Bonchev–Trinajstić information content (AvgIpc) is 3.59. The summed E-state index contributed by atoms with van der Waals surface area (Å²) < 4.78 is 80.4. The lowest BCUT2D eigenvalue weighted by atomic mass is 10.1. The van der Waals surface area contributed by atoms with Crippen molar-refractivity contribution in [2.45, 2.75) is 48.8 Å². The lowest BCUT2D eigenvalue weighted by molar-refractivity contribution is -0.274. The van der Waals surface area contributed by atoms with E-state index in [4.69, 9.17) is 0 Å². The molecule has 4 aromatic rings. The molecule has 0 bridgehead atoms. The van der Waals surface area contributed by atoms with E-state index in [0.29, 0.717) is 10.7 Å². The molecule has 3 aromatic heterocycles. The van der Waals surface area contributed by atoms with Gasteiger partial charge in [0.25, 0.3) is 5.91 Å². The first-order chi connectivity index (χ1) is 20.7. The molecule has 0 spiro atoms. The van der Waals surface area contributed by atoms with Crippen molar-refractivity contribution in [1.82, 2.24) is 35.5 Å². The van der Waals surface area contributed by atoms with Crippen LogP contribution in [0, 0.1) is 0 Å². The number of hydrogen-bond donors (Lipinski definition) is 2. The molecule has 44 heavy (non-hydrogen) atoms. The van der Waals surface area contributed by atoms with E-state index in [0.717, 1.165) is 56.9 Å². The van der Waals surface area contributed by atoms with Gasteiger partial charge < -0.3 is 15.4 Å². The van der Waals surface area contributed by atoms with Gasteiger partial charge in [0.15, 0.2) is 5.69 Å². The van der Waals surface area contributed by atoms with Crippen molar-refractivity contribution in [2.75, 3.05) is 5.32 Å². The van der Waals surface area contributed by atoms with Crippen LogP contribution in [0.5, 0.6) is 5.75 Å². The largest absolute Gasteiger partial charge is 0.573 e. The lowest BCUT2D eigenvalue weighted by Gasteiger charge is -2.09. The first kappa shape index (κ1) is 33.0. The molecule has 0 fully saturated rings. The van der Waals surface area contributed by atoms with Gasteiger partial charge >= 0.3 is 10.3 Å². The average molecular weight is 754 g/mol. The summed E-state index contributed by atoms with van der Waals surface area (Å²) in [6.07, 6.45) is -3.99. The van der Waals surface area contributed by atoms with Crippen LogP contribution in [0.2, 0.25) is 0 Å². The maximum Gasteiger partial charge on any atom is 0.573 e. The van der Waals surface area contributed by atoms with E-state index in [1.807, 2.05) is 0 Å². The molecule has 0 radical (unpaired) electrons. The molecule has 0 aliphatic heterocycles. The highest BCUT2D eigenvalue weighted by molar-refractivity contribution is 14.1. The molecule has 1 aromatic carbocycles. The third-order valence-corrected chi connectivity index (χ3v) is 7.14. The predicted molar refractivity (Wildman–Crippen MR) is 152 cm³/mol. The fraction of sp³-hybridized carbons (Fsp3) is 0.320. The normalized spacial score (nSPS) is 12.5. The molecule has 11 nitrogen and oxygen atoms in total. The van der Waals surface area contributed by atoms with E-state index < -0.39 is 34.0 Å². The number of carbonyl (C=O) groups excluding carboxylic acids is 2. The Morgan fingerprint density at radius 1 is 1.09 bits per heavy atom. The summed E-state index contributed by atoms with van der Waals surface area (Å²) in [7, 11) is 0. The summed E-state index contributed by atoms with van der Waals surface area (Å²) in [5.41, 5.74) is 0.299. The summed E-state index contributed by atoms with van der Waals surface area (Å²) in [6.45, 7) is -0.244. The summed E-state index contributed by atoms with van der Waals surface area (Å²) in [6, 6.07) is 7.59. The minimum atomic E-state index is -4.85. The Morgan fingerprint density at radius 3 is 2.59 bits per heavy atom. The number of ether oxygens (including phenoxy) is 1. The van der Waals surface area contributed by atoms with Crippen LogP contribution in [-0.4, -0.2) is 54.5 Å². The van der Waals surface area contributed by atoms with Gasteiger partial charge in [-0.25, -0.2) is 9.07 Å². The zero-order valence-corrected chi connectivity index (χ0v) is 25.2. The van der Waals surface area contributed by atoms with Gasteiger partial charge in [-0.3, -0.25) is 14.6 Å². The maximum atomic E-state index is 14.6. The third kappa shape index (κ3) is 10.4. The number of anilines is 1. The Labute approximate surface area is 262 Å². The second-order valence-electron chi connectivity index (χ2n) is 9.10. The second-order valence-corrected chi connectivity index (χ2v) is 11.5. The highest BCUT2D eigenvalue weighted by Gasteiger charge is 2.31. The molecule has 1 unspecified atom stereocenters. The van der Waals surface area contributed by atoms with Gasteiger partial charge in [0.2, 0.25) is 11.0 Å². The quantitative estimate of drug-likeness (QED) is 0.111. The standard InChI is InChI=1S/C25H21F6IN8O3S/c26-16(12-40-13-19(36-39-40)22(42)34-11-17-6-4-15(10-33-17)24(27,28)32)5-7-21-37-38-23(44-21)35-20(41)9-14-2-1-3-18(8-14)43-25(29,30)31/h1-4,6,8,10,13,16H,5,7,9,11-12H2,(H,34,42)(H,35,38,41). The summed E-state index contributed by atoms with van der Waals surface area (Å²) in [5.74, 6) is -1.60. The minimum absolute atomic E-state index is 0.0217. The van der Waals surface area contributed by atoms with Gasteiger partial charge in [-0.05, 0) is 36.2 Å². The van der Waals surface area contributed by atoms with Gasteiger partial charge in [-0.2, -0.15) is 8.78 Å². The second kappa shape index (κ2) is 14.3. The number of hydrogen-bond acceptors (Lipinski definition) is 9. The topological polar surface area (TPSA) is 137 Å². The smallest absolute Gasteiger partial charge is 0.406 e. The van der Waals surface area contributed by atoms with Gasteiger partial charge in [-0.1, -0.05) is 28.7 Å². The predicted octanol–water partition coefficient (Wildman–Crippen LogP) is 4.99. The Kier molecular flexibility index (Phi) is 10.7. The number of carbonyl (C=O) groups is 2. The van der Waals surface area contributed by atoms with E-state index in [2.05, 4.69) is 40.9 Å². The molecule has 19 heteroatoms. The van der Waals surface area contributed by atoms with Crippen molar-refractivity contribution in [3.05, 3.63) is 76.3 Å². The SMILES string of the molecule is O=C(Cc1cccc(OC(F)(F)F)c1)Nc1nnc(CCC(F)Cn2cc(C(=O)NCc3ccc(C(F)(F)I)cn3)nn2)s1. The van der Waals surface area contributed by atoms with Crippen LogP contribution < -0.4 is 15.4 Å². The number of nitrogens with one attached hydrogen (secondary N) is 2. The highest BCUT2D eigenvalue weighted by atomic mass is 127. The maximum absolute atomic E-state index is 14.6. The lowest BCUT2D eigenvalue weighted by Crippen LogP contribution is -2.23. The molecule has 4 rings (SSSR count). The summed E-state index contributed by atoms with van der Waals surface area (Å²) >= 11 is 2.01. The molecular formula is C25H21F6IN8O3S. The van der Waals surface area contributed by atoms with Crippen molar-refractivity contribution in [3.63, 3.8) is 0 Å². The van der Waals surface area contributed by atoms with Gasteiger partial charge in [-0.15, -0.1) is 28.5 Å². The van der Waals surface area contributed by atoms with Crippen LogP contribution in [0.15, 0.2) is 48.8 Å². The number of rotatable bonds is 13. The summed E-state index contributed by atoms with van der Waals surface area (Å²) in [5, 5.41) is 20.8. The zero-order chi connectivity index (χ0) is 31.9. The van der Waals surface area contributed by atoms with Gasteiger partial charge in [0.05, 0.1) is 31.4 Å².